The molecule has 0 bridgehead atoms. The highest BCUT2D eigenvalue weighted by Crippen LogP contribution is 2.39. The van der Waals surface area contributed by atoms with Crippen LogP contribution in [0, 0.1) is 6.92 Å². The van der Waals surface area contributed by atoms with E-state index in [1.807, 2.05) is 23.6 Å². The van der Waals surface area contributed by atoms with Crippen LogP contribution in [-0.2, 0) is 6.42 Å². The van der Waals surface area contributed by atoms with E-state index in [0.717, 1.165) is 53.1 Å². The van der Waals surface area contributed by atoms with Gasteiger partial charge in [0.1, 0.15) is 0 Å². The van der Waals surface area contributed by atoms with Crippen LogP contribution in [0.4, 0.5) is 14.7 Å². The minimum Gasteiger partial charge on any atom is -0.351 e. The molecule has 2 aliphatic rings. The maximum atomic E-state index is 13.1. The van der Waals surface area contributed by atoms with E-state index in [2.05, 4.69) is 26.3 Å². The lowest BCUT2D eigenvalue weighted by Crippen LogP contribution is -2.44. The molecule has 8 heteroatoms. The Kier molecular flexibility index (Phi) is 3.89. The number of alkyl halides is 2. The van der Waals surface area contributed by atoms with Gasteiger partial charge in [-0.05, 0) is 38.3 Å². The van der Waals surface area contributed by atoms with Crippen molar-refractivity contribution in [3.63, 3.8) is 0 Å². The third-order valence-electron chi connectivity index (χ3n) is 5.36. The molecule has 0 aromatic carbocycles. The third kappa shape index (κ3) is 3.02. The molecular formula is C20H20F2N6. The number of fused-ring (bicyclic) bond motifs is 2. The van der Waals surface area contributed by atoms with Crippen LogP contribution in [0.15, 0.2) is 30.6 Å². The zero-order valence-electron chi connectivity index (χ0n) is 15.5. The van der Waals surface area contributed by atoms with Crippen molar-refractivity contribution >= 4 is 17.2 Å². The molecule has 6 nitrogen and oxygen atoms in total. The van der Waals surface area contributed by atoms with E-state index in [-0.39, 0.29) is 18.9 Å². The second kappa shape index (κ2) is 6.32. The first-order valence-corrected chi connectivity index (χ1v) is 9.51. The number of allylic oxidation sites excluding steroid dienone is 1. The van der Waals surface area contributed by atoms with E-state index >= 15 is 0 Å². The van der Waals surface area contributed by atoms with Gasteiger partial charge < -0.3 is 5.32 Å². The summed E-state index contributed by atoms with van der Waals surface area (Å²) in [6.45, 7) is 1.97. The number of nitrogens with one attached hydrogen (secondary N) is 1. The van der Waals surface area contributed by atoms with Gasteiger partial charge in [-0.25, -0.2) is 28.2 Å². The van der Waals surface area contributed by atoms with Gasteiger partial charge in [0, 0.05) is 36.2 Å². The van der Waals surface area contributed by atoms with Crippen molar-refractivity contribution in [2.24, 2.45) is 0 Å². The smallest absolute Gasteiger partial charge is 0.252 e. The molecule has 3 heterocycles. The number of aryl methyl sites for hydroxylation is 2. The number of hydrogen-bond donors (Lipinski definition) is 1. The molecule has 2 aliphatic carbocycles. The molecule has 1 saturated carbocycles. The van der Waals surface area contributed by atoms with Crippen LogP contribution in [0.2, 0.25) is 0 Å². The van der Waals surface area contributed by atoms with Crippen molar-refractivity contribution in [3.8, 4) is 0 Å². The van der Waals surface area contributed by atoms with Gasteiger partial charge in [-0.2, -0.15) is 5.10 Å². The maximum Gasteiger partial charge on any atom is 0.252 e. The summed E-state index contributed by atoms with van der Waals surface area (Å²) in [6.07, 6.45) is 8.15. The number of rotatable bonds is 3. The lowest BCUT2D eigenvalue weighted by molar-refractivity contribution is -0.0794. The molecule has 0 amide bonds. The molecule has 144 valence electrons. The molecule has 5 rings (SSSR count). The molecular weight excluding hydrogens is 362 g/mol. The Morgan fingerprint density at radius 3 is 2.86 bits per heavy atom. The number of hydrogen-bond acceptors (Lipinski definition) is 5. The number of imidazole rings is 1. The molecule has 0 aliphatic heterocycles. The second-order valence-corrected chi connectivity index (χ2v) is 7.56. The number of anilines is 1. The number of nitrogens with zero attached hydrogens (tertiary/aromatic N) is 5. The molecule has 0 atom stereocenters. The summed E-state index contributed by atoms with van der Waals surface area (Å²) in [5, 5.41) is 7.78. The fraction of sp³-hybridized carbons (Fsp3) is 0.400. The zero-order chi connectivity index (χ0) is 19.3. The fourth-order valence-corrected chi connectivity index (χ4v) is 3.85. The molecule has 0 saturated heterocycles. The highest BCUT2D eigenvalue weighted by Gasteiger charge is 2.45. The Bertz CT molecular complexity index is 1080. The molecule has 0 unspecified atom stereocenters. The molecule has 3 aromatic heterocycles. The van der Waals surface area contributed by atoms with E-state index in [1.165, 1.54) is 0 Å². The lowest BCUT2D eigenvalue weighted by atomic mass is 9.88. The highest BCUT2D eigenvalue weighted by molar-refractivity contribution is 5.79. The summed E-state index contributed by atoms with van der Waals surface area (Å²) < 4.78 is 28.0. The predicted molar refractivity (Wildman–Crippen MR) is 101 cm³/mol. The summed E-state index contributed by atoms with van der Waals surface area (Å²) in [4.78, 5) is 13.4. The van der Waals surface area contributed by atoms with E-state index in [1.54, 1.807) is 12.4 Å². The van der Waals surface area contributed by atoms with Gasteiger partial charge in [0.15, 0.2) is 5.65 Å². The average Bonchev–Trinajstić information content (AvgIpc) is 2.88. The number of aromatic nitrogens is 5. The first-order chi connectivity index (χ1) is 13.5. The van der Waals surface area contributed by atoms with E-state index < -0.39 is 5.92 Å². The van der Waals surface area contributed by atoms with Crippen LogP contribution in [0.5, 0.6) is 0 Å². The molecule has 0 radical (unpaired) electrons. The van der Waals surface area contributed by atoms with Crippen molar-refractivity contribution in [2.75, 3.05) is 5.32 Å². The Morgan fingerprint density at radius 2 is 2.04 bits per heavy atom. The quantitative estimate of drug-likeness (QED) is 0.746. The van der Waals surface area contributed by atoms with Crippen molar-refractivity contribution < 1.29 is 8.78 Å². The monoisotopic (exact) mass is 382 g/mol. The predicted octanol–water partition coefficient (Wildman–Crippen LogP) is 3.81. The lowest BCUT2D eigenvalue weighted by Gasteiger charge is -2.35. The maximum absolute atomic E-state index is 13.1. The Morgan fingerprint density at radius 1 is 1.18 bits per heavy atom. The summed E-state index contributed by atoms with van der Waals surface area (Å²) >= 11 is 0. The van der Waals surface area contributed by atoms with Crippen LogP contribution >= 0.6 is 0 Å². The van der Waals surface area contributed by atoms with Gasteiger partial charge in [0.25, 0.3) is 5.92 Å². The largest absolute Gasteiger partial charge is 0.351 e. The van der Waals surface area contributed by atoms with Crippen LogP contribution in [-0.4, -0.2) is 36.5 Å². The minimum atomic E-state index is -2.56. The van der Waals surface area contributed by atoms with Crippen LogP contribution in [0.25, 0.3) is 11.2 Å². The molecule has 3 aromatic rings. The summed E-state index contributed by atoms with van der Waals surface area (Å²) in [7, 11) is 0. The van der Waals surface area contributed by atoms with Crippen LogP contribution < -0.4 is 5.32 Å². The normalized spacial score (nSPS) is 18.9. The molecule has 0 spiro atoms. The van der Waals surface area contributed by atoms with Crippen LogP contribution in [0.3, 0.4) is 0 Å². The van der Waals surface area contributed by atoms with Crippen LogP contribution in [0.1, 0.15) is 48.3 Å². The Balaban J connectivity index is 1.47. The first kappa shape index (κ1) is 17.2. The van der Waals surface area contributed by atoms with E-state index in [9.17, 15) is 8.78 Å². The minimum absolute atomic E-state index is 0.160. The second-order valence-electron chi connectivity index (χ2n) is 7.56. The Labute approximate surface area is 160 Å². The standard InChI is InChI=1S/C20H20F2N6/c1-12-10-23-18-7-6-17(27-28(12)18)14-4-2-3-5-16-15(14)11-24-19(26-16)25-13-8-20(21,22)9-13/h4,6-7,10-11,13H,2-3,5,8-9H2,1H3,(H,24,25,26). The SMILES string of the molecule is Cc1cnc2ccc(C3=CCCCc4nc(NC5CC(F)(F)C5)ncc43)nn12. The summed E-state index contributed by atoms with van der Waals surface area (Å²) in [5.74, 6) is -2.14. The van der Waals surface area contributed by atoms with Gasteiger partial charge in [-0.3, -0.25) is 0 Å². The first-order valence-electron chi connectivity index (χ1n) is 9.51. The molecule has 1 N–H and O–H groups in total. The third-order valence-corrected chi connectivity index (χ3v) is 5.36. The fourth-order valence-electron chi connectivity index (χ4n) is 3.85. The van der Waals surface area contributed by atoms with Crippen molar-refractivity contribution in [3.05, 3.63) is 53.2 Å². The van der Waals surface area contributed by atoms with E-state index in [4.69, 9.17) is 5.10 Å². The Hall–Kier alpha value is -2.90. The van der Waals surface area contributed by atoms with Crippen molar-refractivity contribution in [1.29, 1.82) is 0 Å². The van der Waals surface area contributed by atoms with Gasteiger partial charge in [0.2, 0.25) is 5.95 Å². The zero-order valence-corrected chi connectivity index (χ0v) is 15.5. The topological polar surface area (TPSA) is 68.0 Å². The van der Waals surface area contributed by atoms with Crippen molar-refractivity contribution in [1.82, 2.24) is 24.6 Å². The van der Waals surface area contributed by atoms with Gasteiger partial charge in [-0.15, -0.1) is 0 Å². The number of halogens is 2. The summed E-state index contributed by atoms with van der Waals surface area (Å²) in [6, 6.07) is 3.65. The van der Waals surface area contributed by atoms with Gasteiger partial charge >= 0.3 is 0 Å². The van der Waals surface area contributed by atoms with Crippen molar-refractivity contribution in [2.45, 2.75) is 51.0 Å². The van der Waals surface area contributed by atoms with Gasteiger partial charge in [-0.1, -0.05) is 6.08 Å². The molecule has 1 fully saturated rings. The summed E-state index contributed by atoms with van der Waals surface area (Å²) in [5.41, 5.74) is 5.51. The van der Waals surface area contributed by atoms with E-state index in [0.29, 0.717) is 5.95 Å². The average molecular weight is 382 g/mol. The van der Waals surface area contributed by atoms with Gasteiger partial charge in [0.05, 0.1) is 23.3 Å². The molecule has 28 heavy (non-hydrogen) atoms. The highest BCUT2D eigenvalue weighted by atomic mass is 19.3.